The quantitative estimate of drug-likeness (QED) is 0.797. The zero-order valence-corrected chi connectivity index (χ0v) is 8.47. The van der Waals surface area contributed by atoms with E-state index in [1.807, 2.05) is 24.3 Å². The van der Waals surface area contributed by atoms with Crippen molar-refractivity contribution in [3.8, 4) is 0 Å². The smallest absolute Gasteiger partial charge is 0.404 e. The molecule has 0 aliphatic heterocycles. The largest absolute Gasteiger partial charge is 0.443 e. The van der Waals surface area contributed by atoms with E-state index in [0.717, 1.165) is 11.1 Å². The van der Waals surface area contributed by atoms with Gasteiger partial charge in [-0.1, -0.05) is 24.3 Å². The Morgan fingerprint density at radius 3 is 2.87 bits per heavy atom. The Bertz CT molecular complexity index is 378. The first-order valence-corrected chi connectivity index (χ1v) is 4.79. The predicted octanol–water partition coefficient (Wildman–Crippen LogP) is 1.39. The first-order valence-electron chi connectivity index (χ1n) is 4.79. The molecule has 0 aromatic heterocycles. The van der Waals surface area contributed by atoms with Crippen LogP contribution in [0.4, 0.5) is 4.79 Å². The summed E-state index contributed by atoms with van der Waals surface area (Å²) in [6.45, 7) is 0. The van der Waals surface area contributed by atoms with Crippen LogP contribution >= 0.6 is 0 Å². The standard InChI is InChI=1S/C11H13NO3/c1-14-10-8-5-3-2-4-7(8)6-9(10)15-11(12)13/h2-5,9-10H,6H2,1H3,(H2,12,13)/t9-,10+/m1/s1. The van der Waals surface area contributed by atoms with Crippen LogP contribution in [0, 0.1) is 0 Å². The molecule has 2 N–H and O–H groups in total. The molecule has 15 heavy (non-hydrogen) atoms. The summed E-state index contributed by atoms with van der Waals surface area (Å²) in [7, 11) is 1.60. The number of fused-ring (bicyclic) bond motifs is 1. The van der Waals surface area contributed by atoms with Crippen LogP contribution in [0.1, 0.15) is 17.2 Å². The van der Waals surface area contributed by atoms with Gasteiger partial charge in [0.1, 0.15) is 12.2 Å². The molecule has 1 aliphatic carbocycles. The lowest BCUT2D eigenvalue weighted by Gasteiger charge is -2.18. The van der Waals surface area contributed by atoms with E-state index in [4.69, 9.17) is 15.2 Å². The minimum atomic E-state index is -0.755. The van der Waals surface area contributed by atoms with Gasteiger partial charge in [0, 0.05) is 13.5 Å². The van der Waals surface area contributed by atoms with Crippen molar-refractivity contribution in [2.45, 2.75) is 18.6 Å². The van der Waals surface area contributed by atoms with E-state index in [-0.39, 0.29) is 12.2 Å². The highest BCUT2D eigenvalue weighted by Gasteiger charge is 2.34. The number of primary amides is 1. The maximum absolute atomic E-state index is 10.7. The Morgan fingerprint density at radius 2 is 2.20 bits per heavy atom. The van der Waals surface area contributed by atoms with Crippen molar-refractivity contribution in [1.29, 1.82) is 0 Å². The predicted molar refractivity (Wildman–Crippen MR) is 54.4 cm³/mol. The zero-order valence-electron chi connectivity index (χ0n) is 8.47. The number of carbonyl (C=O) groups is 1. The molecule has 0 bridgehead atoms. The third-order valence-electron chi connectivity index (χ3n) is 2.64. The highest BCUT2D eigenvalue weighted by atomic mass is 16.6. The highest BCUT2D eigenvalue weighted by molar-refractivity contribution is 5.65. The first-order chi connectivity index (χ1) is 7.22. The molecule has 0 saturated carbocycles. The van der Waals surface area contributed by atoms with Gasteiger partial charge in [0.25, 0.3) is 0 Å². The van der Waals surface area contributed by atoms with Crippen LogP contribution in [0.15, 0.2) is 24.3 Å². The van der Waals surface area contributed by atoms with Gasteiger partial charge in [-0.15, -0.1) is 0 Å². The molecular formula is C11H13NO3. The number of rotatable bonds is 2. The van der Waals surface area contributed by atoms with Crippen molar-refractivity contribution in [2.24, 2.45) is 5.73 Å². The van der Waals surface area contributed by atoms with Gasteiger partial charge in [0.15, 0.2) is 0 Å². The first kappa shape index (κ1) is 9.98. The molecule has 4 nitrogen and oxygen atoms in total. The van der Waals surface area contributed by atoms with Gasteiger partial charge in [-0.3, -0.25) is 0 Å². The number of hydrogen-bond donors (Lipinski definition) is 1. The van der Waals surface area contributed by atoms with Crippen molar-refractivity contribution in [2.75, 3.05) is 7.11 Å². The minimum absolute atomic E-state index is 0.200. The van der Waals surface area contributed by atoms with Gasteiger partial charge in [-0.25, -0.2) is 4.79 Å². The van der Waals surface area contributed by atoms with Gasteiger partial charge >= 0.3 is 6.09 Å². The number of hydrogen-bond acceptors (Lipinski definition) is 3. The van der Waals surface area contributed by atoms with Crippen LogP contribution in [0.25, 0.3) is 0 Å². The Labute approximate surface area is 88.0 Å². The number of ether oxygens (including phenoxy) is 2. The van der Waals surface area contributed by atoms with Crippen LogP contribution in [0.5, 0.6) is 0 Å². The van der Waals surface area contributed by atoms with Gasteiger partial charge < -0.3 is 15.2 Å². The van der Waals surface area contributed by atoms with Crippen molar-refractivity contribution < 1.29 is 14.3 Å². The van der Waals surface area contributed by atoms with E-state index in [1.165, 1.54) is 0 Å². The fourth-order valence-corrected chi connectivity index (χ4v) is 2.05. The van der Waals surface area contributed by atoms with E-state index >= 15 is 0 Å². The third kappa shape index (κ3) is 1.80. The second-order valence-corrected chi connectivity index (χ2v) is 3.53. The summed E-state index contributed by atoms with van der Waals surface area (Å²) in [5, 5.41) is 0. The molecule has 1 aliphatic rings. The Balaban J connectivity index is 2.24. The molecule has 2 rings (SSSR count). The van der Waals surface area contributed by atoms with Crippen LogP contribution in [-0.2, 0) is 15.9 Å². The molecule has 0 heterocycles. The van der Waals surface area contributed by atoms with E-state index < -0.39 is 6.09 Å². The van der Waals surface area contributed by atoms with E-state index in [1.54, 1.807) is 7.11 Å². The van der Waals surface area contributed by atoms with Crippen LogP contribution in [0.2, 0.25) is 0 Å². The second-order valence-electron chi connectivity index (χ2n) is 3.53. The Hall–Kier alpha value is -1.55. The summed E-state index contributed by atoms with van der Waals surface area (Å²) >= 11 is 0. The summed E-state index contributed by atoms with van der Waals surface area (Å²) in [6, 6.07) is 7.88. The fraction of sp³-hybridized carbons (Fsp3) is 0.364. The lowest BCUT2D eigenvalue weighted by atomic mass is 10.1. The van der Waals surface area contributed by atoms with Crippen LogP contribution < -0.4 is 5.73 Å². The van der Waals surface area contributed by atoms with Crippen LogP contribution in [-0.4, -0.2) is 19.3 Å². The molecule has 0 unspecified atom stereocenters. The van der Waals surface area contributed by atoms with Crippen molar-refractivity contribution >= 4 is 6.09 Å². The molecule has 0 radical (unpaired) electrons. The second kappa shape index (κ2) is 3.90. The number of amides is 1. The SMILES string of the molecule is CO[C@H]1c2ccccc2C[C@H]1OC(N)=O. The average molecular weight is 207 g/mol. The summed E-state index contributed by atoms with van der Waals surface area (Å²) in [5.74, 6) is 0. The topological polar surface area (TPSA) is 61.6 Å². The number of nitrogens with two attached hydrogens (primary N) is 1. The number of benzene rings is 1. The van der Waals surface area contributed by atoms with Crippen molar-refractivity contribution in [3.63, 3.8) is 0 Å². The Kier molecular flexibility index (Phi) is 2.60. The van der Waals surface area contributed by atoms with Gasteiger partial charge in [-0.2, -0.15) is 0 Å². The van der Waals surface area contributed by atoms with E-state index in [9.17, 15) is 4.79 Å². The molecule has 1 aromatic carbocycles. The van der Waals surface area contributed by atoms with Crippen LogP contribution in [0.3, 0.4) is 0 Å². The van der Waals surface area contributed by atoms with Gasteiger partial charge in [0.2, 0.25) is 0 Å². The van der Waals surface area contributed by atoms with E-state index in [0.29, 0.717) is 6.42 Å². The fourth-order valence-electron chi connectivity index (χ4n) is 2.05. The van der Waals surface area contributed by atoms with Crippen molar-refractivity contribution in [3.05, 3.63) is 35.4 Å². The Morgan fingerprint density at radius 1 is 1.47 bits per heavy atom. The lowest BCUT2D eigenvalue weighted by Crippen LogP contribution is -2.26. The van der Waals surface area contributed by atoms with Crippen molar-refractivity contribution in [1.82, 2.24) is 0 Å². The number of carbonyl (C=O) groups excluding carboxylic acids is 1. The molecule has 1 aromatic rings. The third-order valence-corrected chi connectivity index (χ3v) is 2.64. The molecule has 4 heteroatoms. The van der Waals surface area contributed by atoms with Gasteiger partial charge in [0.05, 0.1) is 0 Å². The highest BCUT2D eigenvalue weighted by Crippen LogP contribution is 2.35. The monoisotopic (exact) mass is 207 g/mol. The molecule has 0 fully saturated rings. The zero-order chi connectivity index (χ0) is 10.8. The normalized spacial score (nSPS) is 23.5. The molecule has 1 amide bonds. The van der Waals surface area contributed by atoms with E-state index in [2.05, 4.69) is 0 Å². The number of methoxy groups -OCH3 is 1. The van der Waals surface area contributed by atoms with Gasteiger partial charge in [-0.05, 0) is 11.1 Å². The molecule has 2 atom stereocenters. The summed E-state index contributed by atoms with van der Waals surface area (Å²) in [4.78, 5) is 10.7. The molecule has 80 valence electrons. The maximum atomic E-state index is 10.7. The molecular weight excluding hydrogens is 194 g/mol. The molecule has 0 saturated heterocycles. The summed E-state index contributed by atoms with van der Waals surface area (Å²) in [6.07, 6.45) is -0.592. The summed E-state index contributed by atoms with van der Waals surface area (Å²) in [5.41, 5.74) is 7.23. The average Bonchev–Trinajstić information content (AvgIpc) is 2.53. The minimum Gasteiger partial charge on any atom is -0.443 e. The lowest BCUT2D eigenvalue weighted by molar-refractivity contribution is -0.00990. The molecule has 0 spiro atoms. The maximum Gasteiger partial charge on any atom is 0.404 e. The summed E-state index contributed by atoms with van der Waals surface area (Å²) < 4.78 is 10.3.